The van der Waals surface area contributed by atoms with E-state index in [4.69, 9.17) is 10.5 Å². The minimum absolute atomic E-state index is 0.167. The second-order valence-corrected chi connectivity index (χ2v) is 6.54. The molecule has 17 heavy (non-hydrogen) atoms. The van der Waals surface area contributed by atoms with Crippen molar-refractivity contribution in [3.63, 3.8) is 0 Å². The molecule has 1 spiro atoms. The number of hydrogen-bond donors (Lipinski definition) is 1. The zero-order valence-electron chi connectivity index (χ0n) is 11.2. The Morgan fingerprint density at radius 2 is 2.12 bits per heavy atom. The highest BCUT2D eigenvalue weighted by atomic mass is 16.6. The lowest BCUT2D eigenvalue weighted by Gasteiger charge is -2.28. The molecule has 1 saturated heterocycles. The van der Waals surface area contributed by atoms with E-state index < -0.39 is 5.60 Å². The Morgan fingerprint density at radius 3 is 2.59 bits per heavy atom. The Labute approximate surface area is 103 Å². The number of nitrogens with two attached hydrogens (primary N) is 1. The fraction of sp³-hybridized carbons (Fsp3) is 0.923. The Morgan fingerprint density at radius 1 is 1.47 bits per heavy atom. The largest absolute Gasteiger partial charge is 0.444 e. The van der Waals surface area contributed by atoms with Crippen LogP contribution < -0.4 is 5.73 Å². The molecule has 2 rings (SSSR count). The molecule has 1 heterocycles. The van der Waals surface area contributed by atoms with Crippen molar-refractivity contribution in [2.24, 2.45) is 11.1 Å². The van der Waals surface area contributed by atoms with E-state index in [-0.39, 0.29) is 12.1 Å². The van der Waals surface area contributed by atoms with Crippen LogP contribution in [-0.4, -0.2) is 35.7 Å². The average molecular weight is 240 g/mol. The highest BCUT2D eigenvalue weighted by Gasteiger charge is 2.53. The van der Waals surface area contributed by atoms with Gasteiger partial charge in [-0.25, -0.2) is 4.79 Å². The number of amides is 1. The van der Waals surface area contributed by atoms with Crippen molar-refractivity contribution < 1.29 is 9.53 Å². The highest BCUT2D eigenvalue weighted by molar-refractivity contribution is 5.69. The first kappa shape index (κ1) is 12.7. The van der Waals surface area contributed by atoms with Gasteiger partial charge in [0.2, 0.25) is 0 Å². The predicted octanol–water partition coefficient (Wildman–Crippen LogP) is 2.12. The normalized spacial score (nSPS) is 26.4. The quantitative estimate of drug-likeness (QED) is 0.804. The first-order valence-electron chi connectivity index (χ1n) is 6.55. The zero-order chi connectivity index (χ0) is 12.7. The molecule has 1 amide bonds. The summed E-state index contributed by atoms with van der Waals surface area (Å²) in [6.45, 7) is 7.23. The molecule has 1 aliphatic carbocycles. The summed E-state index contributed by atoms with van der Waals surface area (Å²) >= 11 is 0. The Hall–Kier alpha value is -0.770. The minimum Gasteiger partial charge on any atom is -0.444 e. The van der Waals surface area contributed by atoms with Crippen LogP contribution in [0.2, 0.25) is 0 Å². The van der Waals surface area contributed by atoms with Crippen LogP contribution in [-0.2, 0) is 4.74 Å². The maximum atomic E-state index is 12.1. The van der Waals surface area contributed by atoms with Crippen molar-refractivity contribution in [1.82, 2.24) is 4.90 Å². The molecule has 0 aromatic carbocycles. The van der Waals surface area contributed by atoms with E-state index in [9.17, 15) is 4.79 Å². The maximum Gasteiger partial charge on any atom is 0.410 e. The number of ether oxygens (including phenoxy) is 1. The minimum atomic E-state index is -0.413. The van der Waals surface area contributed by atoms with E-state index in [0.29, 0.717) is 12.0 Å². The van der Waals surface area contributed by atoms with Gasteiger partial charge in [0.1, 0.15) is 5.60 Å². The van der Waals surface area contributed by atoms with Gasteiger partial charge in [-0.2, -0.15) is 0 Å². The van der Waals surface area contributed by atoms with E-state index in [1.807, 2.05) is 25.7 Å². The van der Waals surface area contributed by atoms with Crippen LogP contribution in [0.15, 0.2) is 0 Å². The van der Waals surface area contributed by atoms with Gasteiger partial charge in [-0.05, 0) is 58.4 Å². The number of carbonyl (C=O) groups excluding carboxylic acids is 1. The predicted molar refractivity (Wildman–Crippen MR) is 66.7 cm³/mol. The molecular weight excluding hydrogens is 216 g/mol. The third-order valence-electron chi connectivity index (χ3n) is 3.70. The van der Waals surface area contributed by atoms with Gasteiger partial charge in [0, 0.05) is 12.6 Å². The zero-order valence-corrected chi connectivity index (χ0v) is 11.2. The van der Waals surface area contributed by atoms with Crippen LogP contribution in [0, 0.1) is 5.41 Å². The lowest BCUT2D eigenvalue weighted by Crippen LogP contribution is -2.40. The number of likely N-dealkylation sites (tertiary alicyclic amines) is 1. The van der Waals surface area contributed by atoms with Gasteiger partial charge < -0.3 is 15.4 Å². The van der Waals surface area contributed by atoms with E-state index in [1.54, 1.807) is 0 Å². The van der Waals surface area contributed by atoms with Crippen LogP contribution in [0.25, 0.3) is 0 Å². The van der Waals surface area contributed by atoms with Gasteiger partial charge in [0.15, 0.2) is 0 Å². The molecule has 2 fully saturated rings. The molecule has 1 saturated carbocycles. The Balaban J connectivity index is 2.00. The fourth-order valence-corrected chi connectivity index (χ4v) is 2.69. The summed E-state index contributed by atoms with van der Waals surface area (Å²) in [6.07, 6.45) is 4.35. The van der Waals surface area contributed by atoms with Crippen LogP contribution >= 0.6 is 0 Å². The highest BCUT2D eigenvalue weighted by Crippen LogP contribution is 2.55. The molecular formula is C13H24N2O2. The van der Waals surface area contributed by atoms with Gasteiger partial charge in [-0.15, -0.1) is 0 Å². The first-order valence-corrected chi connectivity index (χ1v) is 6.55. The molecule has 4 heteroatoms. The van der Waals surface area contributed by atoms with E-state index in [1.165, 1.54) is 12.8 Å². The van der Waals surface area contributed by atoms with Crippen molar-refractivity contribution in [3.8, 4) is 0 Å². The molecule has 0 aromatic rings. The summed E-state index contributed by atoms with van der Waals surface area (Å²) in [5, 5.41) is 0. The summed E-state index contributed by atoms with van der Waals surface area (Å²) in [4.78, 5) is 14.0. The van der Waals surface area contributed by atoms with Crippen LogP contribution in [0.5, 0.6) is 0 Å². The van der Waals surface area contributed by atoms with Crippen LogP contribution in [0.4, 0.5) is 4.79 Å². The van der Waals surface area contributed by atoms with Gasteiger partial charge in [0.25, 0.3) is 0 Å². The van der Waals surface area contributed by atoms with Gasteiger partial charge in [-0.3, -0.25) is 0 Å². The molecule has 1 atom stereocenters. The van der Waals surface area contributed by atoms with Crippen molar-refractivity contribution >= 4 is 6.09 Å². The molecule has 2 aliphatic rings. The van der Waals surface area contributed by atoms with Gasteiger partial charge >= 0.3 is 6.09 Å². The first-order chi connectivity index (χ1) is 7.85. The van der Waals surface area contributed by atoms with E-state index >= 15 is 0 Å². The van der Waals surface area contributed by atoms with Crippen LogP contribution in [0.1, 0.15) is 46.5 Å². The number of carbonyl (C=O) groups is 1. The molecule has 0 bridgehead atoms. The summed E-state index contributed by atoms with van der Waals surface area (Å²) in [5.74, 6) is 0. The topological polar surface area (TPSA) is 55.6 Å². The van der Waals surface area contributed by atoms with Gasteiger partial charge in [0.05, 0.1) is 0 Å². The molecule has 98 valence electrons. The van der Waals surface area contributed by atoms with E-state index in [2.05, 4.69) is 0 Å². The standard InChI is InChI=1S/C13H24N2O2/c1-12(2,3)17-11(16)15-9-13(5-6-13)8-10(15)4-7-14/h10H,4-9,14H2,1-3H3/t10-/m0/s1. The second kappa shape index (κ2) is 4.16. The smallest absolute Gasteiger partial charge is 0.410 e. The lowest BCUT2D eigenvalue weighted by molar-refractivity contribution is 0.0215. The Bertz CT molecular complexity index is 305. The summed E-state index contributed by atoms with van der Waals surface area (Å²) in [5.41, 5.74) is 5.63. The van der Waals surface area contributed by atoms with Crippen molar-refractivity contribution in [1.29, 1.82) is 0 Å². The van der Waals surface area contributed by atoms with Crippen molar-refractivity contribution in [2.45, 2.75) is 58.1 Å². The Kier molecular flexibility index (Phi) is 3.10. The average Bonchev–Trinajstić information content (AvgIpc) is 2.80. The molecule has 0 aromatic heterocycles. The SMILES string of the molecule is CC(C)(C)OC(=O)N1CC2(CC2)C[C@@H]1CCN. The molecule has 2 N–H and O–H groups in total. The van der Waals surface area contributed by atoms with E-state index in [0.717, 1.165) is 19.4 Å². The third kappa shape index (κ3) is 2.92. The van der Waals surface area contributed by atoms with Crippen LogP contribution in [0.3, 0.4) is 0 Å². The third-order valence-corrected chi connectivity index (χ3v) is 3.70. The molecule has 4 nitrogen and oxygen atoms in total. The van der Waals surface area contributed by atoms with Crippen molar-refractivity contribution in [2.75, 3.05) is 13.1 Å². The number of rotatable bonds is 2. The lowest BCUT2D eigenvalue weighted by atomic mass is 10.0. The summed E-state index contributed by atoms with van der Waals surface area (Å²) < 4.78 is 5.47. The maximum absolute atomic E-state index is 12.1. The molecule has 0 radical (unpaired) electrons. The molecule has 0 unspecified atom stereocenters. The molecule has 1 aliphatic heterocycles. The van der Waals surface area contributed by atoms with Gasteiger partial charge in [-0.1, -0.05) is 0 Å². The monoisotopic (exact) mass is 240 g/mol. The summed E-state index contributed by atoms with van der Waals surface area (Å²) in [7, 11) is 0. The van der Waals surface area contributed by atoms with Crippen molar-refractivity contribution in [3.05, 3.63) is 0 Å². The number of hydrogen-bond acceptors (Lipinski definition) is 3. The summed E-state index contributed by atoms with van der Waals surface area (Å²) in [6, 6.07) is 0.289. The fourth-order valence-electron chi connectivity index (χ4n) is 2.69. The number of nitrogens with zero attached hydrogens (tertiary/aromatic N) is 1. The second-order valence-electron chi connectivity index (χ2n) is 6.54.